The number of anilines is 1. The van der Waals surface area contributed by atoms with Gasteiger partial charge in [0.15, 0.2) is 0 Å². The van der Waals surface area contributed by atoms with Crippen molar-refractivity contribution in [1.82, 2.24) is 20.3 Å². The summed E-state index contributed by atoms with van der Waals surface area (Å²) in [5.74, 6) is -2.12. The number of benzene rings is 2. The topological polar surface area (TPSA) is 139 Å². The van der Waals surface area contributed by atoms with Crippen LogP contribution in [0.2, 0.25) is 0 Å². The number of nitrogens with one attached hydrogen (secondary N) is 2. The number of aryl methyl sites for hydroxylation is 1. The lowest BCUT2D eigenvalue weighted by Gasteiger charge is -2.28. The second-order valence-corrected chi connectivity index (χ2v) is 7.48. The molecule has 0 saturated carbocycles. The van der Waals surface area contributed by atoms with Crippen LogP contribution in [0.3, 0.4) is 0 Å². The van der Waals surface area contributed by atoms with Gasteiger partial charge in [0.25, 0.3) is 0 Å². The van der Waals surface area contributed by atoms with Crippen LogP contribution in [0.25, 0.3) is 0 Å². The Morgan fingerprint density at radius 3 is 2.75 bits per heavy atom. The highest BCUT2D eigenvalue weighted by Crippen LogP contribution is 2.30. The molecule has 10 nitrogen and oxygen atoms in total. The molecule has 4 N–H and O–H groups in total. The van der Waals surface area contributed by atoms with Gasteiger partial charge in [0.2, 0.25) is 5.91 Å². The zero-order chi connectivity index (χ0) is 22.7. The van der Waals surface area contributed by atoms with E-state index in [4.69, 9.17) is 4.65 Å². The maximum Gasteiger partial charge on any atom is 0.547 e. The predicted molar refractivity (Wildman–Crippen MR) is 116 cm³/mol. The molecule has 1 aromatic heterocycles. The molecular formula is C21H22BN5O5. The maximum absolute atomic E-state index is 12.7. The fourth-order valence-electron chi connectivity index (χ4n) is 3.61. The fourth-order valence-corrected chi connectivity index (χ4v) is 3.61. The molecule has 0 fully saturated rings. The number of rotatable bonds is 7. The summed E-state index contributed by atoms with van der Waals surface area (Å²) in [6, 6.07) is 14.4. The highest BCUT2D eigenvalue weighted by atomic mass is 16.5. The van der Waals surface area contributed by atoms with Gasteiger partial charge in [-0.05, 0) is 37.1 Å². The van der Waals surface area contributed by atoms with E-state index in [-0.39, 0.29) is 30.2 Å². The van der Waals surface area contributed by atoms with Gasteiger partial charge in [-0.2, -0.15) is 0 Å². The number of carboxylic acids is 1. The van der Waals surface area contributed by atoms with E-state index in [0.717, 1.165) is 11.4 Å². The summed E-state index contributed by atoms with van der Waals surface area (Å²) in [6.45, 7) is 2.17. The van der Waals surface area contributed by atoms with Crippen LogP contribution in [0.1, 0.15) is 27.3 Å². The standard InChI is InChI=1S/C21H22BN5O5/c1-13-17(11-23-15-7-3-2-4-8-15)27(26-25-13)12-19(28)24-18-10-14-6-5-9-16(21(29)30)20(14)32-22(18)31/h2-9,18,23,31H,10-12H2,1H3,(H,24,28)(H,29,30). The third-order valence-corrected chi connectivity index (χ3v) is 5.26. The molecule has 2 heterocycles. The molecule has 11 heteroatoms. The lowest BCUT2D eigenvalue weighted by Crippen LogP contribution is -2.53. The van der Waals surface area contributed by atoms with Crippen LogP contribution in [-0.4, -0.2) is 50.1 Å². The summed E-state index contributed by atoms with van der Waals surface area (Å²) in [7, 11) is -1.37. The monoisotopic (exact) mass is 435 g/mol. The van der Waals surface area contributed by atoms with Gasteiger partial charge in [-0.15, -0.1) is 5.10 Å². The predicted octanol–water partition coefficient (Wildman–Crippen LogP) is 1.04. The Hall–Kier alpha value is -3.86. The highest BCUT2D eigenvalue weighted by Gasteiger charge is 2.37. The van der Waals surface area contributed by atoms with E-state index in [9.17, 15) is 19.7 Å². The minimum absolute atomic E-state index is 0.0278. The average molecular weight is 435 g/mol. The van der Waals surface area contributed by atoms with Gasteiger partial charge < -0.3 is 25.4 Å². The first kappa shape index (κ1) is 21.4. The summed E-state index contributed by atoms with van der Waals surface area (Å²) in [6.07, 6.45) is 0.238. The number of carboxylic acid groups (broad SMARTS) is 1. The summed E-state index contributed by atoms with van der Waals surface area (Å²) in [4.78, 5) is 24.0. The van der Waals surface area contributed by atoms with Crippen LogP contribution in [0.15, 0.2) is 48.5 Å². The number of carbonyl (C=O) groups excluding carboxylic acids is 1. The molecule has 0 saturated heterocycles. The van der Waals surface area contributed by atoms with Gasteiger partial charge in [0, 0.05) is 5.69 Å². The molecule has 0 radical (unpaired) electrons. The van der Waals surface area contributed by atoms with Crippen LogP contribution in [0.4, 0.5) is 5.69 Å². The molecule has 1 atom stereocenters. The van der Waals surface area contributed by atoms with Crippen LogP contribution < -0.4 is 15.3 Å². The molecule has 164 valence electrons. The van der Waals surface area contributed by atoms with Crippen molar-refractivity contribution >= 4 is 24.7 Å². The van der Waals surface area contributed by atoms with Crippen molar-refractivity contribution in [3.8, 4) is 5.75 Å². The molecule has 0 aliphatic carbocycles. The first-order valence-electron chi connectivity index (χ1n) is 10.1. The molecule has 0 bridgehead atoms. The number of fused-ring (bicyclic) bond motifs is 1. The first-order valence-corrected chi connectivity index (χ1v) is 10.1. The number of aromatic carboxylic acids is 1. The minimum atomic E-state index is -1.37. The number of nitrogens with zero attached hydrogens (tertiary/aromatic N) is 3. The Balaban J connectivity index is 1.41. The summed E-state index contributed by atoms with van der Waals surface area (Å²) >= 11 is 0. The Morgan fingerprint density at radius 1 is 1.22 bits per heavy atom. The molecule has 1 unspecified atom stereocenters. The van der Waals surface area contributed by atoms with E-state index < -0.39 is 19.0 Å². The van der Waals surface area contributed by atoms with Gasteiger partial charge in [-0.25, -0.2) is 9.48 Å². The van der Waals surface area contributed by atoms with Gasteiger partial charge >= 0.3 is 13.1 Å². The largest absolute Gasteiger partial charge is 0.547 e. The Labute approximate surface area is 184 Å². The second-order valence-electron chi connectivity index (χ2n) is 7.48. The second kappa shape index (κ2) is 9.10. The Kier molecular flexibility index (Phi) is 6.08. The summed E-state index contributed by atoms with van der Waals surface area (Å²) in [5, 5.41) is 33.8. The van der Waals surface area contributed by atoms with E-state index >= 15 is 0 Å². The van der Waals surface area contributed by atoms with Crippen LogP contribution >= 0.6 is 0 Å². The number of amides is 1. The minimum Gasteiger partial charge on any atom is -0.534 e. The van der Waals surface area contributed by atoms with Crippen LogP contribution in [-0.2, 0) is 24.3 Å². The fraction of sp³-hybridized carbons (Fsp3) is 0.238. The van der Waals surface area contributed by atoms with Crippen molar-refractivity contribution in [1.29, 1.82) is 0 Å². The zero-order valence-electron chi connectivity index (χ0n) is 17.4. The molecule has 1 amide bonds. The third-order valence-electron chi connectivity index (χ3n) is 5.26. The van der Waals surface area contributed by atoms with E-state index in [1.807, 2.05) is 37.3 Å². The molecule has 3 aromatic rings. The van der Waals surface area contributed by atoms with Crippen LogP contribution in [0.5, 0.6) is 5.75 Å². The van der Waals surface area contributed by atoms with E-state index in [1.54, 1.807) is 12.1 Å². The zero-order valence-corrected chi connectivity index (χ0v) is 17.4. The third kappa shape index (κ3) is 4.57. The first-order chi connectivity index (χ1) is 15.4. The van der Waals surface area contributed by atoms with Gasteiger partial charge in [0.1, 0.15) is 12.3 Å². The smallest absolute Gasteiger partial charge is 0.534 e. The summed E-state index contributed by atoms with van der Waals surface area (Å²) < 4.78 is 6.93. The van der Waals surface area contributed by atoms with Crippen molar-refractivity contribution in [2.75, 3.05) is 5.32 Å². The van der Waals surface area contributed by atoms with E-state index in [0.29, 0.717) is 17.8 Å². The molecular weight excluding hydrogens is 413 g/mol. The maximum atomic E-state index is 12.7. The number of para-hydroxylation sites is 2. The number of carbonyl (C=O) groups is 2. The van der Waals surface area contributed by atoms with E-state index in [2.05, 4.69) is 20.9 Å². The molecule has 1 aliphatic rings. The average Bonchev–Trinajstić information content (AvgIpc) is 3.11. The summed E-state index contributed by atoms with van der Waals surface area (Å²) in [5.41, 5.74) is 2.98. The number of hydrogen-bond acceptors (Lipinski definition) is 7. The lowest BCUT2D eigenvalue weighted by atomic mass is 9.72. The molecule has 32 heavy (non-hydrogen) atoms. The highest BCUT2D eigenvalue weighted by molar-refractivity contribution is 6.47. The van der Waals surface area contributed by atoms with Gasteiger partial charge in [-0.1, -0.05) is 35.5 Å². The number of aromatic nitrogens is 3. The van der Waals surface area contributed by atoms with Gasteiger partial charge in [0.05, 0.1) is 29.4 Å². The van der Waals surface area contributed by atoms with E-state index in [1.165, 1.54) is 10.7 Å². The Morgan fingerprint density at radius 2 is 2.00 bits per heavy atom. The van der Waals surface area contributed by atoms with Crippen molar-refractivity contribution in [2.45, 2.75) is 32.4 Å². The van der Waals surface area contributed by atoms with Crippen molar-refractivity contribution in [3.63, 3.8) is 0 Å². The Bertz CT molecular complexity index is 1140. The normalized spacial score (nSPS) is 14.9. The van der Waals surface area contributed by atoms with Crippen LogP contribution in [0, 0.1) is 6.92 Å². The molecule has 0 spiro atoms. The van der Waals surface area contributed by atoms with Crippen molar-refractivity contribution in [3.05, 3.63) is 71.0 Å². The molecule has 2 aromatic carbocycles. The van der Waals surface area contributed by atoms with Crippen molar-refractivity contribution in [2.24, 2.45) is 0 Å². The molecule has 1 aliphatic heterocycles. The molecule has 4 rings (SSSR count). The van der Waals surface area contributed by atoms with Gasteiger partial charge in [-0.3, -0.25) is 4.79 Å². The lowest BCUT2D eigenvalue weighted by molar-refractivity contribution is -0.122. The van der Waals surface area contributed by atoms with Crippen molar-refractivity contribution < 1.29 is 24.4 Å². The number of hydrogen-bond donors (Lipinski definition) is 4. The SMILES string of the molecule is Cc1nnn(CC(=O)NC2Cc3cccc(C(=O)O)c3OB2O)c1CNc1ccccc1. The quantitative estimate of drug-likeness (QED) is 0.404.